The molecule has 1 atom stereocenters. The van der Waals surface area contributed by atoms with E-state index in [1.54, 1.807) is 30.3 Å². The number of anilines is 1. The van der Waals surface area contributed by atoms with E-state index in [9.17, 15) is 9.59 Å². The Morgan fingerprint density at radius 1 is 0.920 bits per heavy atom. The summed E-state index contributed by atoms with van der Waals surface area (Å²) in [5.41, 5.74) is 1.23. The van der Waals surface area contributed by atoms with Crippen LogP contribution in [0.2, 0.25) is 0 Å². The molecule has 0 aliphatic heterocycles. The summed E-state index contributed by atoms with van der Waals surface area (Å²) in [4.78, 5) is 25.9. The summed E-state index contributed by atoms with van der Waals surface area (Å²) in [6.07, 6.45) is -0.870. The summed E-state index contributed by atoms with van der Waals surface area (Å²) >= 11 is 4.79. The Morgan fingerprint density at radius 2 is 1.64 bits per heavy atom. The Bertz CT molecular complexity index is 866. The van der Waals surface area contributed by atoms with Crippen LogP contribution in [0, 0.1) is 0 Å². The number of thiophene rings is 1. The number of amides is 1. The highest BCUT2D eigenvalue weighted by Crippen LogP contribution is 2.23. The van der Waals surface area contributed by atoms with E-state index in [0.29, 0.717) is 10.4 Å². The van der Waals surface area contributed by atoms with Gasteiger partial charge >= 0.3 is 0 Å². The van der Waals surface area contributed by atoms with Crippen molar-refractivity contribution >= 4 is 44.6 Å². The number of hydrogen-bond donors (Lipinski definition) is 2. The third-order valence-corrected chi connectivity index (χ3v) is 5.09. The summed E-state index contributed by atoms with van der Waals surface area (Å²) in [6.45, 7) is 0. The van der Waals surface area contributed by atoms with Crippen molar-refractivity contribution in [1.29, 1.82) is 0 Å². The minimum absolute atomic E-state index is 0.185. The monoisotopic (exact) mass is 414 g/mol. The van der Waals surface area contributed by atoms with Crippen LogP contribution >= 0.6 is 27.3 Å². The zero-order valence-corrected chi connectivity index (χ0v) is 15.5. The van der Waals surface area contributed by atoms with Crippen LogP contribution in [0.4, 0.5) is 5.69 Å². The highest BCUT2D eigenvalue weighted by atomic mass is 79.9. The first kappa shape index (κ1) is 17.4. The maximum Gasteiger partial charge on any atom is 0.253 e. The van der Waals surface area contributed by atoms with Gasteiger partial charge < -0.3 is 10.6 Å². The molecule has 0 fully saturated rings. The number of Topliss-reactive ketones (excluding diaryl/α,β-unsaturated/α-hetero) is 1. The van der Waals surface area contributed by atoms with E-state index < -0.39 is 6.17 Å². The molecular formula is C19H15BrN2O2S. The molecule has 4 nitrogen and oxygen atoms in total. The molecule has 3 rings (SSSR count). The Kier molecular flexibility index (Phi) is 5.63. The predicted octanol–water partition coefficient (Wildman–Crippen LogP) is 4.56. The second-order valence-corrected chi connectivity index (χ2v) is 7.04. The lowest BCUT2D eigenvalue weighted by Crippen LogP contribution is -2.46. The van der Waals surface area contributed by atoms with Gasteiger partial charge in [-0.05, 0) is 51.6 Å². The van der Waals surface area contributed by atoms with E-state index in [1.165, 1.54) is 11.3 Å². The number of hydrogen-bond acceptors (Lipinski definition) is 4. The molecular weight excluding hydrogens is 400 g/mol. The largest absolute Gasteiger partial charge is 0.358 e. The van der Waals surface area contributed by atoms with Crippen LogP contribution in [0.3, 0.4) is 0 Å². The second-order valence-electron chi connectivity index (χ2n) is 5.24. The molecule has 1 heterocycles. The Morgan fingerprint density at radius 3 is 2.32 bits per heavy atom. The van der Waals surface area contributed by atoms with Crippen LogP contribution in [0.5, 0.6) is 0 Å². The molecule has 3 aromatic rings. The lowest BCUT2D eigenvalue weighted by atomic mass is 10.2. The van der Waals surface area contributed by atoms with Crippen molar-refractivity contribution in [2.45, 2.75) is 6.17 Å². The van der Waals surface area contributed by atoms with Gasteiger partial charge in [0.1, 0.15) is 0 Å². The molecule has 1 amide bonds. The topological polar surface area (TPSA) is 58.2 Å². The van der Waals surface area contributed by atoms with Gasteiger partial charge in [-0.1, -0.05) is 36.4 Å². The van der Waals surface area contributed by atoms with Crippen LogP contribution in [0.25, 0.3) is 0 Å². The van der Waals surface area contributed by atoms with Crippen LogP contribution in [-0.4, -0.2) is 17.9 Å². The van der Waals surface area contributed by atoms with Gasteiger partial charge in [0.2, 0.25) is 5.78 Å². The molecule has 0 spiro atoms. The van der Waals surface area contributed by atoms with Crippen LogP contribution in [0.15, 0.2) is 76.6 Å². The molecule has 2 aromatic carbocycles. The first-order valence-electron chi connectivity index (χ1n) is 7.60. The number of carbonyl (C=O) groups excluding carboxylic acids is 2. The van der Waals surface area contributed by atoms with Gasteiger partial charge in [0.05, 0.1) is 10.6 Å². The molecule has 0 aliphatic carbocycles. The first-order chi connectivity index (χ1) is 12.1. The molecule has 126 valence electrons. The van der Waals surface area contributed by atoms with E-state index >= 15 is 0 Å². The smallest absolute Gasteiger partial charge is 0.253 e. The fourth-order valence-corrected chi connectivity index (χ4v) is 3.36. The average Bonchev–Trinajstić information content (AvgIpc) is 3.17. The molecule has 0 saturated heterocycles. The maximum atomic E-state index is 12.8. The number of nitrogens with one attached hydrogen (secondary N) is 2. The van der Waals surface area contributed by atoms with Crippen LogP contribution < -0.4 is 10.6 Å². The summed E-state index contributed by atoms with van der Waals surface area (Å²) in [5, 5.41) is 7.73. The van der Waals surface area contributed by atoms with E-state index in [1.807, 2.05) is 41.8 Å². The number of para-hydroxylation sites is 1. The summed E-state index contributed by atoms with van der Waals surface area (Å²) in [7, 11) is 0. The van der Waals surface area contributed by atoms with Crippen LogP contribution in [0.1, 0.15) is 20.0 Å². The van der Waals surface area contributed by atoms with Crippen molar-refractivity contribution in [1.82, 2.24) is 5.32 Å². The molecule has 1 unspecified atom stereocenters. The zero-order valence-electron chi connectivity index (χ0n) is 13.1. The normalized spacial score (nSPS) is 11.6. The quantitative estimate of drug-likeness (QED) is 0.458. The molecule has 0 bridgehead atoms. The second kappa shape index (κ2) is 8.09. The molecule has 2 N–H and O–H groups in total. The summed E-state index contributed by atoms with van der Waals surface area (Å²) in [6, 6.07) is 19.8. The predicted molar refractivity (Wildman–Crippen MR) is 104 cm³/mol. The van der Waals surface area contributed by atoms with Gasteiger partial charge in [-0.25, -0.2) is 0 Å². The third-order valence-electron chi connectivity index (χ3n) is 3.51. The average molecular weight is 415 g/mol. The van der Waals surface area contributed by atoms with E-state index in [2.05, 4.69) is 26.6 Å². The number of benzene rings is 2. The Hall–Kier alpha value is -2.44. The summed E-state index contributed by atoms with van der Waals surface area (Å²) < 4.78 is 0.813. The standard InChI is InChI=1S/C19H15BrN2O2S/c20-14-9-4-5-10-15(14)21-18(17(23)16-11-6-12-25-16)22-19(24)13-7-2-1-3-8-13/h1-12,18,21H,(H,22,24). The lowest BCUT2D eigenvalue weighted by molar-refractivity contribution is 0.0871. The number of ketones is 1. The molecule has 6 heteroatoms. The van der Waals surface area contributed by atoms with E-state index in [4.69, 9.17) is 0 Å². The highest BCUT2D eigenvalue weighted by molar-refractivity contribution is 9.10. The van der Waals surface area contributed by atoms with Crippen molar-refractivity contribution in [2.24, 2.45) is 0 Å². The Balaban J connectivity index is 1.85. The van der Waals surface area contributed by atoms with Crippen molar-refractivity contribution in [3.05, 3.63) is 87.0 Å². The number of halogens is 1. The van der Waals surface area contributed by atoms with E-state index in [-0.39, 0.29) is 11.7 Å². The highest BCUT2D eigenvalue weighted by Gasteiger charge is 2.24. The zero-order chi connectivity index (χ0) is 17.6. The molecule has 25 heavy (non-hydrogen) atoms. The van der Waals surface area contributed by atoms with Gasteiger partial charge in [0, 0.05) is 10.0 Å². The van der Waals surface area contributed by atoms with E-state index in [0.717, 1.165) is 10.2 Å². The SMILES string of the molecule is O=C(NC(Nc1ccccc1Br)C(=O)c1cccs1)c1ccccc1. The maximum absolute atomic E-state index is 12.8. The number of carbonyl (C=O) groups is 2. The van der Waals surface area contributed by atoms with Crippen molar-refractivity contribution in [3.8, 4) is 0 Å². The van der Waals surface area contributed by atoms with Gasteiger partial charge in [-0.15, -0.1) is 11.3 Å². The van der Waals surface area contributed by atoms with Crippen LogP contribution in [-0.2, 0) is 0 Å². The molecule has 0 saturated carbocycles. The fraction of sp³-hybridized carbons (Fsp3) is 0.0526. The van der Waals surface area contributed by atoms with Gasteiger partial charge in [0.25, 0.3) is 5.91 Å². The minimum Gasteiger partial charge on any atom is -0.358 e. The third kappa shape index (κ3) is 4.35. The minimum atomic E-state index is -0.870. The van der Waals surface area contributed by atoms with Gasteiger partial charge in [-0.3, -0.25) is 9.59 Å². The first-order valence-corrected chi connectivity index (χ1v) is 9.27. The molecule has 0 aliphatic rings. The van der Waals surface area contributed by atoms with Gasteiger partial charge in [0.15, 0.2) is 6.17 Å². The van der Waals surface area contributed by atoms with Crippen molar-refractivity contribution < 1.29 is 9.59 Å². The Labute approximate surface area is 158 Å². The molecule has 0 radical (unpaired) electrons. The summed E-state index contributed by atoms with van der Waals surface area (Å²) in [5.74, 6) is -0.495. The van der Waals surface area contributed by atoms with Crippen molar-refractivity contribution in [3.63, 3.8) is 0 Å². The lowest BCUT2D eigenvalue weighted by Gasteiger charge is -2.20. The molecule has 1 aromatic heterocycles. The van der Waals surface area contributed by atoms with Gasteiger partial charge in [-0.2, -0.15) is 0 Å². The fourth-order valence-electron chi connectivity index (χ4n) is 2.27. The number of rotatable bonds is 6. The van der Waals surface area contributed by atoms with Crippen molar-refractivity contribution in [2.75, 3.05) is 5.32 Å².